The quantitative estimate of drug-likeness (QED) is 0.431. The molecule has 0 aromatic rings. The molecule has 0 aliphatic carbocycles. The predicted molar refractivity (Wildman–Crippen MR) is 36.2 cm³/mol. The molecule has 52 valence electrons. The number of allylic oxidation sites excluding steroid dienone is 1. The lowest BCUT2D eigenvalue weighted by Crippen LogP contribution is -2.17. The van der Waals surface area contributed by atoms with E-state index < -0.39 is 0 Å². The first-order valence-electron chi connectivity index (χ1n) is 2.83. The van der Waals surface area contributed by atoms with Crippen LogP contribution in [0.3, 0.4) is 0 Å². The summed E-state index contributed by atoms with van der Waals surface area (Å²) in [6, 6.07) is 0. The number of rotatable bonds is 1. The second-order valence-corrected chi connectivity index (χ2v) is 2.93. The summed E-state index contributed by atoms with van der Waals surface area (Å²) in [6.45, 7) is 5.40. The first-order chi connectivity index (χ1) is 3.98. The van der Waals surface area contributed by atoms with E-state index in [0.717, 1.165) is 6.26 Å². The highest BCUT2D eigenvalue weighted by Gasteiger charge is 2.17. The van der Waals surface area contributed by atoms with Crippen LogP contribution in [0.25, 0.3) is 0 Å². The first kappa shape index (κ1) is 8.21. The van der Waals surface area contributed by atoms with Crippen LogP contribution in [0, 0.1) is 5.41 Å². The van der Waals surface area contributed by atoms with Crippen LogP contribution in [0.1, 0.15) is 20.8 Å². The second-order valence-electron chi connectivity index (χ2n) is 2.93. The molecule has 0 saturated carbocycles. The maximum Gasteiger partial charge on any atom is 0.164 e. The Hall–Kier alpha value is -0.790. The van der Waals surface area contributed by atoms with Crippen molar-refractivity contribution >= 4 is 5.78 Å². The average molecular weight is 128 g/mol. The van der Waals surface area contributed by atoms with Crippen molar-refractivity contribution in [1.29, 1.82) is 0 Å². The summed E-state index contributed by atoms with van der Waals surface area (Å²) in [4.78, 5) is 10.8. The van der Waals surface area contributed by atoms with E-state index in [0.29, 0.717) is 0 Å². The van der Waals surface area contributed by atoms with E-state index in [1.165, 1.54) is 6.08 Å². The molecule has 9 heavy (non-hydrogen) atoms. The summed E-state index contributed by atoms with van der Waals surface area (Å²) in [5, 5.41) is 8.20. The molecule has 0 radical (unpaired) electrons. The monoisotopic (exact) mass is 128 g/mol. The molecular weight excluding hydrogens is 116 g/mol. The van der Waals surface area contributed by atoms with Crippen molar-refractivity contribution in [2.75, 3.05) is 0 Å². The smallest absolute Gasteiger partial charge is 0.164 e. The van der Waals surface area contributed by atoms with Crippen LogP contribution in [0.5, 0.6) is 0 Å². The Labute approximate surface area is 55.2 Å². The van der Waals surface area contributed by atoms with Gasteiger partial charge in [0.1, 0.15) is 0 Å². The molecule has 2 heteroatoms. The number of hydrogen-bond acceptors (Lipinski definition) is 2. The molecule has 0 aromatic heterocycles. The minimum Gasteiger partial charge on any atom is -0.515 e. The third-order valence-electron chi connectivity index (χ3n) is 0.965. The normalized spacial score (nSPS) is 12.3. The van der Waals surface area contributed by atoms with Gasteiger partial charge in [0.2, 0.25) is 0 Å². The molecule has 0 aliphatic heterocycles. The van der Waals surface area contributed by atoms with Gasteiger partial charge in [0.25, 0.3) is 0 Å². The molecule has 0 rings (SSSR count). The van der Waals surface area contributed by atoms with E-state index >= 15 is 0 Å². The molecule has 0 heterocycles. The first-order valence-corrected chi connectivity index (χ1v) is 2.83. The van der Waals surface area contributed by atoms with E-state index in [1.807, 2.05) is 0 Å². The Morgan fingerprint density at radius 2 is 1.89 bits per heavy atom. The van der Waals surface area contributed by atoms with Gasteiger partial charge in [0.05, 0.1) is 6.26 Å². The zero-order valence-corrected chi connectivity index (χ0v) is 6.01. The number of aliphatic hydroxyl groups excluding tert-OH is 1. The van der Waals surface area contributed by atoms with Gasteiger partial charge in [-0.1, -0.05) is 20.8 Å². The number of carbonyl (C=O) groups is 1. The van der Waals surface area contributed by atoms with Crippen LogP contribution in [-0.2, 0) is 4.79 Å². The van der Waals surface area contributed by atoms with Gasteiger partial charge in [-0.3, -0.25) is 4.79 Å². The van der Waals surface area contributed by atoms with Gasteiger partial charge >= 0.3 is 0 Å². The summed E-state index contributed by atoms with van der Waals surface area (Å²) >= 11 is 0. The highest BCUT2D eigenvalue weighted by atomic mass is 16.2. The summed E-state index contributed by atoms with van der Waals surface area (Å²) < 4.78 is 0. The van der Waals surface area contributed by atoms with Gasteiger partial charge in [-0.25, -0.2) is 0 Å². The van der Waals surface area contributed by atoms with Gasteiger partial charge in [-0.2, -0.15) is 0 Å². The summed E-state index contributed by atoms with van der Waals surface area (Å²) in [5.41, 5.74) is -0.376. The molecule has 0 saturated heterocycles. The van der Waals surface area contributed by atoms with E-state index in [-0.39, 0.29) is 11.2 Å². The number of ketones is 1. The van der Waals surface area contributed by atoms with E-state index in [4.69, 9.17) is 5.11 Å². The van der Waals surface area contributed by atoms with Crippen molar-refractivity contribution in [1.82, 2.24) is 0 Å². The Bertz CT molecular complexity index is 128. The fraction of sp³-hybridized carbons (Fsp3) is 0.571. The van der Waals surface area contributed by atoms with Crippen molar-refractivity contribution in [2.24, 2.45) is 5.41 Å². The van der Waals surface area contributed by atoms with Crippen LogP contribution in [0.15, 0.2) is 12.3 Å². The van der Waals surface area contributed by atoms with Crippen molar-refractivity contribution in [2.45, 2.75) is 20.8 Å². The highest BCUT2D eigenvalue weighted by Crippen LogP contribution is 2.14. The minimum absolute atomic E-state index is 0.0648. The SMILES string of the molecule is CC(C)(C)C(=O)/C=C/O. The van der Waals surface area contributed by atoms with Crippen molar-refractivity contribution in [3.05, 3.63) is 12.3 Å². The molecule has 2 nitrogen and oxygen atoms in total. The van der Waals surface area contributed by atoms with Gasteiger partial charge in [-0.05, 0) is 0 Å². The van der Waals surface area contributed by atoms with Gasteiger partial charge in [0.15, 0.2) is 5.78 Å². The second kappa shape index (κ2) is 2.67. The van der Waals surface area contributed by atoms with E-state index in [1.54, 1.807) is 20.8 Å². The maximum absolute atomic E-state index is 10.8. The van der Waals surface area contributed by atoms with Crippen LogP contribution < -0.4 is 0 Å². The molecule has 0 fully saturated rings. The van der Waals surface area contributed by atoms with Gasteiger partial charge in [-0.15, -0.1) is 0 Å². The molecule has 0 aliphatic rings. The fourth-order valence-corrected chi connectivity index (χ4v) is 0.318. The lowest BCUT2D eigenvalue weighted by Gasteiger charge is -2.12. The molecule has 1 N–H and O–H groups in total. The fourth-order valence-electron chi connectivity index (χ4n) is 0.318. The van der Waals surface area contributed by atoms with Crippen LogP contribution in [-0.4, -0.2) is 10.9 Å². The molecule has 0 bridgehead atoms. The van der Waals surface area contributed by atoms with Crippen molar-refractivity contribution < 1.29 is 9.90 Å². The predicted octanol–water partition coefficient (Wildman–Crippen LogP) is 1.67. The zero-order valence-electron chi connectivity index (χ0n) is 6.01. The Balaban J connectivity index is 4.06. The third kappa shape index (κ3) is 2.90. The highest BCUT2D eigenvalue weighted by molar-refractivity contribution is 5.93. The summed E-state index contributed by atoms with van der Waals surface area (Å²) in [7, 11) is 0. The summed E-state index contributed by atoms with van der Waals surface area (Å²) in [5.74, 6) is -0.0648. The van der Waals surface area contributed by atoms with Crippen LogP contribution in [0.2, 0.25) is 0 Å². The third-order valence-corrected chi connectivity index (χ3v) is 0.965. The largest absolute Gasteiger partial charge is 0.515 e. The topological polar surface area (TPSA) is 37.3 Å². The lowest BCUT2D eigenvalue weighted by atomic mass is 9.91. The number of carbonyl (C=O) groups excluding carboxylic acids is 1. The molecule has 0 aromatic carbocycles. The molecule has 0 spiro atoms. The maximum atomic E-state index is 10.8. The Morgan fingerprint density at radius 1 is 1.44 bits per heavy atom. The summed E-state index contributed by atoms with van der Waals surface area (Å²) in [6.07, 6.45) is 1.94. The zero-order chi connectivity index (χ0) is 7.49. The Morgan fingerprint density at radius 3 is 2.00 bits per heavy atom. The molecule has 0 atom stereocenters. The van der Waals surface area contributed by atoms with Gasteiger partial charge in [0, 0.05) is 11.5 Å². The molecule has 0 unspecified atom stereocenters. The van der Waals surface area contributed by atoms with E-state index in [9.17, 15) is 4.79 Å². The van der Waals surface area contributed by atoms with Gasteiger partial charge < -0.3 is 5.11 Å². The number of hydrogen-bond donors (Lipinski definition) is 1. The Kier molecular flexibility index (Phi) is 2.43. The molecular formula is C7H12O2. The van der Waals surface area contributed by atoms with Crippen LogP contribution in [0.4, 0.5) is 0 Å². The lowest BCUT2D eigenvalue weighted by molar-refractivity contribution is -0.121. The van der Waals surface area contributed by atoms with Crippen LogP contribution >= 0.6 is 0 Å². The van der Waals surface area contributed by atoms with Crippen molar-refractivity contribution in [3.63, 3.8) is 0 Å². The number of aliphatic hydroxyl groups is 1. The average Bonchev–Trinajstić information content (AvgIpc) is 1.64. The standard InChI is InChI=1S/C7H12O2/c1-7(2,3)6(9)4-5-8/h4-5,8H,1-3H3/b5-4+. The minimum atomic E-state index is -0.376. The van der Waals surface area contributed by atoms with E-state index in [2.05, 4.69) is 0 Å². The van der Waals surface area contributed by atoms with Crippen molar-refractivity contribution in [3.8, 4) is 0 Å². The molecule has 0 amide bonds.